The summed E-state index contributed by atoms with van der Waals surface area (Å²) in [6.07, 6.45) is 1.95. The van der Waals surface area contributed by atoms with Gasteiger partial charge in [-0.1, -0.05) is 54.1 Å². The Kier molecular flexibility index (Phi) is 7.31. The first-order valence-corrected chi connectivity index (χ1v) is 12.6. The summed E-state index contributed by atoms with van der Waals surface area (Å²) in [6.45, 7) is -0.408. The van der Waals surface area contributed by atoms with Crippen LogP contribution in [0.25, 0.3) is 0 Å². The first kappa shape index (κ1) is 23.9. The molecule has 0 atom stereocenters. The third kappa shape index (κ3) is 6.22. The molecule has 1 fully saturated rings. The molecule has 9 heteroatoms. The summed E-state index contributed by atoms with van der Waals surface area (Å²) in [5, 5.41) is 5.89. The highest BCUT2D eigenvalue weighted by Gasteiger charge is 2.27. The van der Waals surface area contributed by atoms with Gasteiger partial charge < -0.3 is 10.6 Å². The fourth-order valence-electron chi connectivity index (χ4n) is 3.38. The van der Waals surface area contributed by atoms with Crippen LogP contribution in [-0.2, 0) is 21.4 Å². The van der Waals surface area contributed by atoms with Gasteiger partial charge in [0.15, 0.2) is 0 Å². The summed E-state index contributed by atoms with van der Waals surface area (Å²) in [7, 11) is -4.01. The molecule has 34 heavy (non-hydrogen) atoms. The number of amides is 2. The van der Waals surface area contributed by atoms with Gasteiger partial charge in [0.2, 0.25) is 15.9 Å². The minimum atomic E-state index is -4.01. The zero-order chi connectivity index (χ0) is 24.1. The number of nitrogens with zero attached hydrogens (tertiary/aromatic N) is 1. The molecule has 0 aliphatic heterocycles. The minimum Gasteiger partial charge on any atom is -0.349 e. The zero-order valence-electron chi connectivity index (χ0n) is 18.3. The van der Waals surface area contributed by atoms with Crippen LogP contribution in [-0.4, -0.2) is 37.1 Å². The van der Waals surface area contributed by atoms with Gasteiger partial charge in [-0.05, 0) is 54.8 Å². The fourth-order valence-corrected chi connectivity index (χ4v) is 5.07. The molecule has 0 bridgehead atoms. The van der Waals surface area contributed by atoms with Crippen molar-refractivity contribution in [1.29, 1.82) is 0 Å². The molecule has 0 heterocycles. The topological polar surface area (TPSA) is 95.6 Å². The van der Waals surface area contributed by atoms with Gasteiger partial charge in [0.05, 0.1) is 11.4 Å². The number of hydrogen-bond donors (Lipinski definition) is 2. The number of carbonyl (C=O) groups is 2. The van der Waals surface area contributed by atoms with E-state index in [0.29, 0.717) is 11.3 Å². The van der Waals surface area contributed by atoms with Gasteiger partial charge >= 0.3 is 0 Å². The number of sulfonamides is 1. The lowest BCUT2D eigenvalue weighted by molar-refractivity contribution is -0.116. The summed E-state index contributed by atoms with van der Waals surface area (Å²) >= 11 is 6.01. The van der Waals surface area contributed by atoms with E-state index in [1.165, 1.54) is 12.1 Å². The van der Waals surface area contributed by atoms with Gasteiger partial charge in [-0.15, -0.1) is 0 Å². The van der Waals surface area contributed by atoms with Crippen molar-refractivity contribution < 1.29 is 18.0 Å². The molecule has 3 aromatic carbocycles. The Morgan fingerprint density at radius 1 is 0.941 bits per heavy atom. The standard InChI is InChI=1S/C25H24ClN3O4S/c26-20-9-5-11-23(15-20)34(32,33)29(16-18-6-2-1-3-7-18)17-24(30)27-22-10-4-8-19(14-22)25(31)28-21-12-13-21/h1-11,14-15,21H,12-13,16-17H2,(H,27,30)(H,28,31). The van der Waals surface area contributed by atoms with E-state index < -0.39 is 22.5 Å². The normalized spacial score (nSPS) is 13.5. The Morgan fingerprint density at radius 2 is 1.68 bits per heavy atom. The predicted octanol–water partition coefficient (Wildman–Crippen LogP) is 4.06. The number of hydrogen-bond acceptors (Lipinski definition) is 4. The SMILES string of the molecule is O=C(CN(Cc1ccccc1)S(=O)(=O)c1cccc(Cl)c1)Nc1cccc(C(=O)NC2CC2)c1. The van der Waals surface area contributed by atoms with Crippen molar-refractivity contribution in [1.82, 2.24) is 9.62 Å². The van der Waals surface area contributed by atoms with Crippen LogP contribution in [0.4, 0.5) is 5.69 Å². The summed E-state index contributed by atoms with van der Waals surface area (Å²) in [4.78, 5) is 25.2. The van der Waals surface area contributed by atoms with Crippen LogP contribution >= 0.6 is 11.6 Å². The Bertz CT molecular complexity index is 1290. The van der Waals surface area contributed by atoms with E-state index >= 15 is 0 Å². The zero-order valence-corrected chi connectivity index (χ0v) is 19.9. The number of nitrogens with one attached hydrogen (secondary N) is 2. The van der Waals surface area contributed by atoms with E-state index in [0.717, 1.165) is 22.7 Å². The lowest BCUT2D eigenvalue weighted by Gasteiger charge is -2.22. The molecule has 3 aromatic rings. The second kappa shape index (κ2) is 10.4. The Hall–Kier alpha value is -3.20. The van der Waals surface area contributed by atoms with Crippen molar-refractivity contribution in [2.45, 2.75) is 30.3 Å². The number of benzene rings is 3. The first-order valence-electron chi connectivity index (χ1n) is 10.8. The van der Waals surface area contributed by atoms with Crippen LogP contribution in [0.1, 0.15) is 28.8 Å². The van der Waals surface area contributed by atoms with E-state index in [1.54, 1.807) is 60.7 Å². The molecule has 1 saturated carbocycles. The van der Waals surface area contributed by atoms with E-state index in [-0.39, 0.29) is 28.4 Å². The lowest BCUT2D eigenvalue weighted by Crippen LogP contribution is -2.37. The smallest absolute Gasteiger partial charge is 0.251 e. The maximum absolute atomic E-state index is 13.4. The molecule has 2 N–H and O–H groups in total. The maximum atomic E-state index is 13.4. The van der Waals surface area contributed by atoms with Crippen LogP contribution in [0.15, 0.2) is 83.8 Å². The second-order valence-electron chi connectivity index (χ2n) is 8.09. The highest BCUT2D eigenvalue weighted by Crippen LogP contribution is 2.22. The van der Waals surface area contributed by atoms with Crippen molar-refractivity contribution in [2.75, 3.05) is 11.9 Å². The molecule has 2 amide bonds. The molecule has 0 radical (unpaired) electrons. The van der Waals surface area contributed by atoms with Crippen LogP contribution in [0.5, 0.6) is 0 Å². The van der Waals surface area contributed by atoms with Crippen molar-refractivity contribution in [3.05, 3.63) is 95.0 Å². The maximum Gasteiger partial charge on any atom is 0.251 e. The molecule has 0 unspecified atom stereocenters. The number of halogens is 1. The summed E-state index contributed by atoms with van der Waals surface area (Å²) in [6, 6.07) is 21.7. The van der Waals surface area contributed by atoms with Crippen molar-refractivity contribution in [2.24, 2.45) is 0 Å². The third-order valence-electron chi connectivity index (χ3n) is 5.28. The number of anilines is 1. The van der Waals surface area contributed by atoms with Gasteiger partial charge in [-0.3, -0.25) is 9.59 Å². The van der Waals surface area contributed by atoms with E-state index in [1.807, 2.05) is 6.07 Å². The fraction of sp³-hybridized carbons (Fsp3) is 0.200. The molecular weight excluding hydrogens is 474 g/mol. The van der Waals surface area contributed by atoms with Crippen LogP contribution < -0.4 is 10.6 Å². The summed E-state index contributed by atoms with van der Waals surface area (Å²) in [5.41, 5.74) is 1.57. The van der Waals surface area contributed by atoms with Crippen LogP contribution in [0.2, 0.25) is 5.02 Å². The molecule has 0 spiro atoms. The van der Waals surface area contributed by atoms with Gasteiger partial charge in [-0.25, -0.2) is 8.42 Å². The molecular formula is C25H24ClN3O4S. The molecule has 0 aromatic heterocycles. The lowest BCUT2D eigenvalue weighted by atomic mass is 10.2. The quantitative estimate of drug-likeness (QED) is 0.466. The van der Waals surface area contributed by atoms with Crippen molar-refractivity contribution in [3.8, 4) is 0 Å². The highest BCUT2D eigenvalue weighted by atomic mass is 35.5. The van der Waals surface area contributed by atoms with Gasteiger partial charge in [0.1, 0.15) is 0 Å². The van der Waals surface area contributed by atoms with Crippen LogP contribution in [0.3, 0.4) is 0 Å². The second-order valence-corrected chi connectivity index (χ2v) is 10.5. The van der Waals surface area contributed by atoms with E-state index in [4.69, 9.17) is 11.6 Å². The first-order chi connectivity index (χ1) is 16.3. The van der Waals surface area contributed by atoms with E-state index in [2.05, 4.69) is 10.6 Å². The van der Waals surface area contributed by atoms with Crippen LogP contribution in [0, 0.1) is 0 Å². The molecule has 176 valence electrons. The molecule has 7 nitrogen and oxygen atoms in total. The Balaban J connectivity index is 1.53. The van der Waals surface area contributed by atoms with E-state index in [9.17, 15) is 18.0 Å². The third-order valence-corrected chi connectivity index (χ3v) is 7.30. The average molecular weight is 498 g/mol. The van der Waals surface area contributed by atoms with Gasteiger partial charge in [-0.2, -0.15) is 4.31 Å². The Labute approximate surface area is 203 Å². The Morgan fingerprint density at radius 3 is 2.38 bits per heavy atom. The molecule has 0 saturated heterocycles. The molecule has 4 rings (SSSR count). The molecule has 1 aliphatic rings. The summed E-state index contributed by atoms with van der Waals surface area (Å²) < 4.78 is 27.8. The minimum absolute atomic E-state index is 0.00229. The molecule has 1 aliphatic carbocycles. The largest absolute Gasteiger partial charge is 0.349 e. The number of carbonyl (C=O) groups excluding carboxylic acids is 2. The van der Waals surface area contributed by atoms with Crippen molar-refractivity contribution >= 4 is 39.1 Å². The highest BCUT2D eigenvalue weighted by molar-refractivity contribution is 7.89. The predicted molar refractivity (Wildman–Crippen MR) is 131 cm³/mol. The average Bonchev–Trinajstić information content (AvgIpc) is 3.63. The van der Waals surface area contributed by atoms with Crippen molar-refractivity contribution in [3.63, 3.8) is 0 Å². The number of rotatable bonds is 9. The van der Waals surface area contributed by atoms with Gasteiger partial charge in [0, 0.05) is 28.9 Å². The monoisotopic (exact) mass is 497 g/mol. The summed E-state index contributed by atoms with van der Waals surface area (Å²) in [5.74, 6) is -0.728. The van der Waals surface area contributed by atoms with Gasteiger partial charge in [0.25, 0.3) is 5.91 Å².